The zero-order valence-corrected chi connectivity index (χ0v) is 17.2. The topological polar surface area (TPSA) is 95.6 Å². The van der Waals surface area contributed by atoms with Gasteiger partial charge in [-0.1, -0.05) is 36.4 Å². The van der Waals surface area contributed by atoms with E-state index in [1.807, 2.05) is 30.3 Å². The standard InChI is InChI=1S/C21H25N3O4S/c1-16-10-11-18(24-13-6-14-29(24,27)28)15-19(16)23-21(26)20(25)22-12-5-9-17-7-3-2-4-8-17/h2-4,7-8,10-11,15H,5-6,9,12-14H2,1H3,(H,22,25)(H,23,26). The number of amides is 2. The first kappa shape index (κ1) is 20.9. The van der Waals surface area contributed by atoms with Crippen molar-refractivity contribution in [3.05, 3.63) is 59.7 Å². The molecule has 1 heterocycles. The summed E-state index contributed by atoms with van der Waals surface area (Å²) in [6.45, 7) is 2.60. The van der Waals surface area contributed by atoms with Gasteiger partial charge in [0, 0.05) is 18.8 Å². The molecule has 154 valence electrons. The van der Waals surface area contributed by atoms with Gasteiger partial charge in [-0.05, 0) is 49.4 Å². The third-order valence-corrected chi connectivity index (χ3v) is 6.70. The lowest BCUT2D eigenvalue weighted by Gasteiger charge is -2.19. The zero-order valence-electron chi connectivity index (χ0n) is 16.3. The lowest BCUT2D eigenvalue weighted by Crippen LogP contribution is -2.36. The highest BCUT2D eigenvalue weighted by molar-refractivity contribution is 7.93. The van der Waals surface area contributed by atoms with Crippen LogP contribution in [0, 0.1) is 6.92 Å². The van der Waals surface area contributed by atoms with E-state index in [9.17, 15) is 18.0 Å². The van der Waals surface area contributed by atoms with Crippen LogP contribution in [0.25, 0.3) is 0 Å². The van der Waals surface area contributed by atoms with Crippen LogP contribution in [0.4, 0.5) is 11.4 Å². The number of aryl methyl sites for hydroxylation is 2. The van der Waals surface area contributed by atoms with Crippen molar-refractivity contribution in [1.82, 2.24) is 5.32 Å². The highest BCUT2D eigenvalue weighted by Gasteiger charge is 2.28. The summed E-state index contributed by atoms with van der Waals surface area (Å²) in [4.78, 5) is 24.3. The normalized spacial score (nSPS) is 15.1. The quantitative estimate of drug-likeness (QED) is 0.559. The van der Waals surface area contributed by atoms with Crippen LogP contribution in [-0.4, -0.2) is 39.1 Å². The Balaban J connectivity index is 1.55. The molecule has 0 aromatic heterocycles. The molecule has 0 bridgehead atoms. The second-order valence-electron chi connectivity index (χ2n) is 7.04. The van der Waals surface area contributed by atoms with Crippen LogP contribution in [-0.2, 0) is 26.0 Å². The lowest BCUT2D eigenvalue weighted by atomic mass is 10.1. The van der Waals surface area contributed by atoms with E-state index < -0.39 is 21.8 Å². The number of carbonyl (C=O) groups is 2. The number of hydrogen-bond acceptors (Lipinski definition) is 4. The number of rotatable bonds is 6. The number of carbonyl (C=O) groups excluding carboxylic acids is 2. The molecule has 1 fully saturated rings. The van der Waals surface area contributed by atoms with E-state index in [0.29, 0.717) is 30.9 Å². The Hall–Kier alpha value is -2.87. The molecule has 0 spiro atoms. The van der Waals surface area contributed by atoms with Gasteiger partial charge in [-0.3, -0.25) is 13.9 Å². The molecule has 1 saturated heterocycles. The van der Waals surface area contributed by atoms with E-state index in [0.717, 1.165) is 18.4 Å². The van der Waals surface area contributed by atoms with Crippen LogP contribution < -0.4 is 14.9 Å². The molecule has 29 heavy (non-hydrogen) atoms. The van der Waals surface area contributed by atoms with Crippen molar-refractivity contribution < 1.29 is 18.0 Å². The number of anilines is 2. The molecule has 2 aromatic carbocycles. The molecule has 2 amide bonds. The smallest absolute Gasteiger partial charge is 0.313 e. The maximum atomic E-state index is 12.2. The number of hydrogen-bond donors (Lipinski definition) is 2. The van der Waals surface area contributed by atoms with Crippen molar-refractivity contribution in [2.45, 2.75) is 26.2 Å². The van der Waals surface area contributed by atoms with Gasteiger partial charge in [0.2, 0.25) is 10.0 Å². The summed E-state index contributed by atoms with van der Waals surface area (Å²) in [6.07, 6.45) is 2.11. The number of sulfonamides is 1. The Kier molecular flexibility index (Phi) is 6.53. The number of nitrogens with zero attached hydrogens (tertiary/aromatic N) is 1. The molecule has 0 atom stereocenters. The molecule has 2 aromatic rings. The van der Waals surface area contributed by atoms with Gasteiger partial charge in [-0.25, -0.2) is 8.42 Å². The number of nitrogens with one attached hydrogen (secondary N) is 2. The Morgan fingerprint density at radius 1 is 1.07 bits per heavy atom. The first-order valence-electron chi connectivity index (χ1n) is 9.61. The molecule has 8 heteroatoms. The molecule has 1 aliphatic rings. The SMILES string of the molecule is Cc1ccc(N2CCCS2(=O)=O)cc1NC(=O)C(=O)NCCCc1ccccc1. The molecule has 0 radical (unpaired) electrons. The van der Waals surface area contributed by atoms with Gasteiger partial charge in [0.25, 0.3) is 0 Å². The van der Waals surface area contributed by atoms with Gasteiger partial charge < -0.3 is 10.6 Å². The second kappa shape index (κ2) is 9.09. The van der Waals surface area contributed by atoms with Crippen molar-refractivity contribution >= 4 is 33.2 Å². The van der Waals surface area contributed by atoms with Crippen LogP contribution in [0.2, 0.25) is 0 Å². The lowest BCUT2D eigenvalue weighted by molar-refractivity contribution is -0.136. The fourth-order valence-corrected chi connectivity index (χ4v) is 4.78. The van der Waals surface area contributed by atoms with Gasteiger partial charge in [0.05, 0.1) is 11.4 Å². The second-order valence-corrected chi connectivity index (χ2v) is 9.05. The average molecular weight is 416 g/mol. The first-order valence-corrected chi connectivity index (χ1v) is 11.2. The first-order chi connectivity index (χ1) is 13.9. The molecular formula is C21H25N3O4S. The summed E-state index contributed by atoms with van der Waals surface area (Å²) in [5.74, 6) is -1.36. The monoisotopic (exact) mass is 415 g/mol. The van der Waals surface area contributed by atoms with E-state index in [4.69, 9.17) is 0 Å². The van der Waals surface area contributed by atoms with E-state index >= 15 is 0 Å². The summed E-state index contributed by atoms with van der Waals surface area (Å²) in [6, 6.07) is 14.9. The van der Waals surface area contributed by atoms with Crippen molar-refractivity contribution in [3.63, 3.8) is 0 Å². The highest BCUT2D eigenvalue weighted by atomic mass is 32.2. The predicted molar refractivity (Wildman–Crippen MR) is 113 cm³/mol. The predicted octanol–water partition coefficient (Wildman–Crippen LogP) is 2.22. The van der Waals surface area contributed by atoms with Gasteiger partial charge >= 0.3 is 11.8 Å². The van der Waals surface area contributed by atoms with Gasteiger partial charge in [-0.2, -0.15) is 0 Å². The minimum absolute atomic E-state index is 0.119. The minimum Gasteiger partial charge on any atom is -0.348 e. The summed E-state index contributed by atoms with van der Waals surface area (Å²) in [5.41, 5.74) is 2.84. The van der Waals surface area contributed by atoms with Crippen molar-refractivity contribution in [2.75, 3.05) is 28.5 Å². The largest absolute Gasteiger partial charge is 0.348 e. The Bertz CT molecular complexity index is 990. The third-order valence-electron chi connectivity index (χ3n) is 4.83. The van der Waals surface area contributed by atoms with Crippen LogP contribution in [0.1, 0.15) is 24.0 Å². The average Bonchev–Trinajstić information content (AvgIpc) is 3.06. The summed E-state index contributed by atoms with van der Waals surface area (Å²) in [7, 11) is -3.31. The van der Waals surface area contributed by atoms with Crippen LogP contribution >= 0.6 is 0 Å². The molecule has 7 nitrogen and oxygen atoms in total. The fourth-order valence-electron chi connectivity index (χ4n) is 3.23. The Labute approximate surface area is 171 Å². The van der Waals surface area contributed by atoms with E-state index in [1.165, 1.54) is 9.87 Å². The van der Waals surface area contributed by atoms with E-state index in [-0.39, 0.29) is 5.75 Å². The molecular weight excluding hydrogens is 390 g/mol. The van der Waals surface area contributed by atoms with Crippen LogP contribution in [0.3, 0.4) is 0 Å². The zero-order chi connectivity index (χ0) is 20.9. The van der Waals surface area contributed by atoms with E-state index in [2.05, 4.69) is 10.6 Å². The molecule has 0 aliphatic carbocycles. The highest BCUT2D eigenvalue weighted by Crippen LogP contribution is 2.28. The third kappa shape index (κ3) is 5.35. The van der Waals surface area contributed by atoms with Gasteiger partial charge in [-0.15, -0.1) is 0 Å². The maximum Gasteiger partial charge on any atom is 0.313 e. The van der Waals surface area contributed by atoms with Crippen LogP contribution in [0.5, 0.6) is 0 Å². The van der Waals surface area contributed by atoms with Crippen LogP contribution in [0.15, 0.2) is 48.5 Å². The molecule has 3 rings (SSSR count). The summed E-state index contributed by atoms with van der Waals surface area (Å²) >= 11 is 0. The molecule has 2 N–H and O–H groups in total. The Morgan fingerprint density at radius 2 is 1.83 bits per heavy atom. The maximum absolute atomic E-state index is 12.2. The van der Waals surface area contributed by atoms with Crippen molar-refractivity contribution in [1.29, 1.82) is 0 Å². The number of benzene rings is 2. The molecule has 1 aliphatic heterocycles. The van der Waals surface area contributed by atoms with E-state index in [1.54, 1.807) is 25.1 Å². The van der Waals surface area contributed by atoms with Gasteiger partial charge in [0.15, 0.2) is 0 Å². The fraction of sp³-hybridized carbons (Fsp3) is 0.333. The van der Waals surface area contributed by atoms with Crippen molar-refractivity contribution in [3.8, 4) is 0 Å². The van der Waals surface area contributed by atoms with Crippen molar-refractivity contribution in [2.24, 2.45) is 0 Å². The Morgan fingerprint density at radius 3 is 2.52 bits per heavy atom. The minimum atomic E-state index is -3.31. The summed E-state index contributed by atoms with van der Waals surface area (Å²) < 4.78 is 25.6. The summed E-state index contributed by atoms with van der Waals surface area (Å²) in [5, 5.41) is 5.21. The van der Waals surface area contributed by atoms with Gasteiger partial charge in [0.1, 0.15) is 0 Å². The molecule has 0 saturated carbocycles. The molecule has 0 unspecified atom stereocenters.